The van der Waals surface area contributed by atoms with Crippen molar-refractivity contribution >= 4 is 11.8 Å². The zero-order chi connectivity index (χ0) is 11.8. The van der Waals surface area contributed by atoms with Gasteiger partial charge < -0.3 is 4.52 Å². The molecule has 0 atom stereocenters. The molecule has 2 amide bonds. The lowest BCUT2D eigenvalue weighted by molar-refractivity contribution is 0.0482. The van der Waals surface area contributed by atoms with Crippen LogP contribution in [-0.4, -0.2) is 22.0 Å². The first kappa shape index (κ1) is 9.52. The summed E-state index contributed by atoms with van der Waals surface area (Å²) < 4.78 is 9.36. The second-order valence-corrected chi connectivity index (χ2v) is 3.35. The number of carbonyl (C=O) groups is 2. The molecular formula is C10H7N3O4. The minimum Gasteiger partial charge on any atom is -0.356 e. The molecule has 1 aliphatic rings. The lowest BCUT2D eigenvalue weighted by Crippen LogP contribution is -2.39. The van der Waals surface area contributed by atoms with Crippen LogP contribution in [0, 0.1) is 0 Å². The van der Waals surface area contributed by atoms with Gasteiger partial charge in [0.05, 0.1) is 11.1 Å². The Bertz CT molecular complexity index is 579. The van der Waals surface area contributed by atoms with Crippen LogP contribution in [0.2, 0.25) is 0 Å². The van der Waals surface area contributed by atoms with Gasteiger partial charge in [-0.05, 0) is 12.1 Å². The molecule has 1 aromatic heterocycles. The average Bonchev–Trinajstić information content (AvgIpc) is 2.64. The number of aromatic nitrogens is 2. The Morgan fingerprint density at radius 1 is 1.06 bits per heavy atom. The Morgan fingerprint density at radius 2 is 1.71 bits per heavy atom. The van der Waals surface area contributed by atoms with E-state index in [0.29, 0.717) is 11.1 Å². The van der Waals surface area contributed by atoms with Gasteiger partial charge in [-0.2, -0.15) is 0 Å². The molecule has 0 unspecified atom stereocenters. The smallest absolute Gasteiger partial charge is 0.283 e. The number of rotatable bonds is 1. The first-order valence-electron chi connectivity index (χ1n) is 4.80. The highest BCUT2D eigenvalue weighted by Gasteiger charge is 2.37. The number of H-pyrrole nitrogens is 1. The molecule has 2 heterocycles. The van der Waals surface area contributed by atoms with Gasteiger partial charge in [0, 0.05) is 0 Å². The maximum Gasteiger partial charge on any atom is 0.283 e. The van der Waals surface area contributed by atoms with Crippen LogP contribution in [0.3, 0.4) is 0 Å². The fourth-order valence-corrected chi connectivity index (χ4v) is 1.66. The topological polar surface area (TPSA) is 84.4 Å². The summed E-state index contributed by atoms with van der Waals surface area (Å²) in [5.74, 6) is -0.891. The van der Waals surface area contributed by atoms with E-state index < -0.39 is 11.8 Å². The monoisotopic (exact) mass is 233 g/mol. The molecule has 2 aromatic rings. The number of nitrogens with zero attached hydrogens (tertiary/aromatic N) is 2. The van der Waals surface area contributed by atoms with Crippen LogP contribution in [0.4, 0.5) is 0 Å². The van der Waals surface area contributed by atoms with Crippen molar-refractivity contribution in [3.63, 3.8) is 0 Å². The third-order valence-electron chi connectivity index (χ3n) is 2.41. The van der Waals surface area contributed by atoms with Crippen LogP contribution < -0.4 is 5.01 Å². The summed E-state index contributed by atoms with van der Waals surface area (Å²) in [7, 11) is 0. The fourth-order valence-electron chi connectivity index (χ4n) is 1.66. The standard InChI is InChI=1S/C10H7N3O4/c14-9-7-3-1-2-4-8(7)10(15)13(9)12-5-6-16-11-17-12/h1-6,11H. The first-order valence-corrected chi connectivity index (χ1v) is 4.80. The number of fused-ring (bicyclic) bond motifs is 1. The summed E-state index contributed by atoms with van der Waals surface area (Å²) in [6.07, 6.45) is 2.55. The van der Waals surface area contributed by atoms with E-state index in [2.05, 4.69) is 9.85 Å². The summed E-state index contributed by atoms with van der Waals surface area (Å²) in [5, 5.41) is 2.94. The van der Waals surface area contributed by atoms with Gasteiger partial charge in [-0.1, -0.05) is 22.3 Å². The molecule has 0 bridgehead atoms. The van der Waals surface area contributed by atoms with Gasteiger partial charge in [0.2, 0.25) is 0 Å². The molecule has 1 aliphatic heterocycles. The number of aromatic amines is 1. The number of benzene rings is 1. The lowest BCUT2D eigenvalue weighted by atomic mass is 10.1. The minimum absolute atomic E-state index is 0.348. The quantitative estimate of drug-likeness (QED) is 0.746. The predicted octanol–water partition coefficient (Wildman–Crippen LogP) is 1.06. The van der Waals surface area contributed by atoms with Gasteiger partial charge in [0.25, 0.3) is 11.8 Å². The zero-order valence-corrected chi connectivity index (χ0v) is 8.49. The highest BCUT2D eigenvalue weighted by molar-refractivity contribution is 6.30. The van der Waals surface area contributed by atoms with Crippen molar-refractivity contribution in [1.29, 1.82) is 0 Å². The molecule has 0 radical (unpaired) electrons. The van der Waals surface area contributed by atoms with Crippen LogP contribution in [0.1, 0.15) is 20.7 Å². The molecule has 1 N–H and O–H groups in total. The number of hydrogen-bond acceptors (Lipinski definition) is 4. The molecule has 0 aliphatic carbocycles. The largest absolute Gasteiger partial charge is 0.356 e. The normalized spacial score (nSPS) is 14.0. The Morgan fingerprint density at radius 3 is 2.24 bits per heavy atom. The summed E-state index contributed by atoms with van der Waals surface area (Å²) in [5.41, 5.74) is 0.696. The van der Waals surface area contributed by atoms with Gasteiger partial charge in [0.15, 0.2) is 0 Å². The molecule has 3 rings (SSSR count). The van der Waals surface area contributed by atoms with Crippen LogP contribution in [0.5, 0.6) is 0 Å². The van der Waals surface area contributed by atoms with Gasteiger partial charge >= 0.3 is 0 Å². The molecule has 0 saturated heterocycles. The highest BCUT2D eigenvalue weighted by atomic mass is 16.7. The molecule has 7 nitrogen and oxygen atoms in total. The second kappa shape index (κ2) is 3.41. The van der Waals surface area contributed by atoms with Crippen molar-refractivity contribution in [1.82, 2.24) is 10.2 Å². The number of carbonyl (C=O) groups excluding carboxylic acids is 2. The fraction of sp³-hybridized carbons (Fsp3) is 0. The predicted molar refractivity (Wildman–Crippen MR) is 54.3 cm³/mol. The van der Waals surface area contributed by atoms with Crippen LogP contribution in [0.15, 0.2) is 45.9 Å². The number of hydrogen-bond donors (Lipinski definition) is 1. The van der Waals surface area contributed by atoms with Crippen molar-refractivity contribution < 1.29 is 18.7 Å². The molecule has 0 spiro atoms. The minimum atomic E-state index is -0.445. The van der Waals surface area contributed by atoms with Gasteiger partial charge in [-0.25, -0.2) is 4.63 Å². The maximum atomic E-state index is 12.0. The average molecular weight is 233 g/mol. The van der Waals surface area contributed by atoms with Gasteiger partial charge in [-0.15, -0.1) is 5.01 Å². The number of nitrogens with one attached hydrogen (secondary N) is 1. The second-order valence-electron chi connectivity index (χ2n) is 3.35. The number of imide groups is 1. The van der Waals surface area contributed by atoms with Gasteiger partial charge in [-0.3, -0.25) is 9.59 Å². The van der Waals surface area contributed by atoms with Crippen LogP contribution in [-0.2, 0) is 0 Å². The van der Waals surface area contributed by atoms with Crippen LogP contribution >= 0.6 is 0 Å². The molecule has 1 aromatic carbocycles. The zero-order valence-electron chi connectivity index (χ0n) is 8.49. The Balaban J connectivity index is 2.13. The lowest BCUT2D eigenvalue weighted by Gasteiger charge is -2.12. The molecule has 7 heteroatoms. The van der Waals surface area contributed by atoms with Crippen molar-refractivity contribution in [2.75, 3.05) is 5.01 Å². The summed E-state index contributed by atoms with van der Waals surface area (Å²) in [4.78, 5) is 24.9. The Hall–Kier alpha value is -2.70. The van der Waals surface area contributed by atoms with E-state index in [1.54, 1.807) is 24.3 Å². The molecule has 86 valence electrons. The van der Waals surface area contributed by atoms with E-state index in [1.807, 2.05) is 0 Å². The van der Waals surface area contributed by atoms with Crippen molar-refractivity contribution in [3.8, 4) is 0 Å². The third-order valence-corrected chi connectivity index (χ3v) is 2.41. The third kappa shape index (κ3) is 1.29. The Kier molecular flexibility index (Phi) is 1.91. The van der Waals surface area contributed by atoms with E-state index in [1.165, 1.54) is 12.5 Å². The SMILES string of the molecule is O=C1c2ccccc2C(=O)N1n1cco[nH]o1. The van der Waals surface area contributed by atoms with Crippen molar-refractivity contribution in [2.45, 2.75) is 0 Å². The van der Waals surface area contributed by atoms with E-state index in [4.69, 9.17) is 4.63 Å². The van der Waals surface area contributed by atoms with E-state index >= 15 is 0 Å². The molecule has 0 saturated carbocycles. The van der Waals surface area contributed by atoms with E-state index in [-0.39, 0.29) is 0 Å². The summed E-state index contributed by atoms with van der Waals surface area (Å²) in [6, 6.07) is 6.57. The van der Waals surface area contributed by atoms with Crippen molar-refractivity contribution in [2.24, 2.45) is 0 Å². The van der Waals surface area contributed by atoms with E-state index in [0.717, 1.165) is 9.86 Å². The Labute approximate surface area is 94.4 Å². The summed E-state index contributed by atoms with van der Waals surface area (Å²) >= 11 is 0. The number of amides is 2. The molecule has 0 fully saturated rings. The summed E-state index contributed by atoms with van der Waals surface area (Å²) in [6.45, 7) is 0. The molecular weight excluding hydrogens is 226 g/mol. The van der Waals surface area contributed by atoms with Crippen molar-refractivity contribution in [3.05, 3.63) is 47.9 Å². The van der Waals surface area contributed by atoms with Crippen LogP contribution in [0.25, 0.3) is 0 Å². The first-order chi connectivity index (χ1) is 8.29. The highest BCUT2D eigenvalue weighted by Crippen LogP contribution is 2.20. The molecule has 17 heavy (non-hydrogen) atoms. The maximum absolute atomic E-state index is 12.0. The van der Waals surface area contributed by atoms with E-state index in [9.17, 15) is 9.59 Å². The van der Waals surface area contributed by atoms with Gasteiger partial charge in [0.1, 0.15) is 12.5 Å².